The first-order valence-electron chi connectivity index (χ1n) is 9.02. The monoisotopic (exact) mass is 332 g/mol. The summed E-state index contributed by atoms with van der Waals surface area (Å²) in [5, 5.41) is 0. The van der Waals surface area contributed by atoms with Gasteiger partial charge in [0.2, 0.25) is 5.91 Å². The Kier molecular flexibility index (Phi) is 4.50. The third-order valence-electron chi connectivity index (χ3n) is 5.36. The fourth-order valence-electron chi connectivity index (χ4n) is 4.42. The highest BCUT2D eigenvalue weighted by atomic mass is 16.6. The minimum absolute atomic E-state index is 0.0658. The zero-order valence-corrected chi connectivity index (χ0v) is 15.0. The van der Waals surface area contributed by atoms with E-state index in [1.807, 2.05) is 30.6 Å². The SMILES string of the molecule is C#CC1CC(=O)N(CC2C[C@H]3CC[C@@H](C2)N3C(=O)OC(C)(C)C)C1. The first-order valence-corrected chi connectivity index (χ1v) is 9.02. The van der Waals surface area contributed by atoms with Gasteiger partial charge in [-0.05, 0) is 52.4 Å². The van der Waals surface area contributed by atoms with Crippen LogP contribution in [0.5, 0.6) is 0 Å². The van der Waals surface area contributed by atoms with E-state index in [4.69, 9.17) is 11.2 Å². The van der Waals surface area contributed by atoms with Crippen molar-refractivity contribution < 1.29 is 14.3 Å². The van der Waals surface area contributed by atoms with Gasteiger partial charge < -0.3 is 14.5 Å². The molecule has 2 bridgehead atoms. The second kappa shape index (κ2) is 6.31. The van der Waals surface area contributed by atoms with Crippen LogP contribution >= 0.6 is 0 Å². The number of ether oxygens (including phenoxy) is 1. The van der Waals surface area contributed by atoms with Crippen molar-refractivity contribution in [1.29, 1.82) is 0 Å². The van der Waals surface area contributed by atoms with E-state index in [-0.39, 0.29) is 30.0 Å². The lowest BCUT2D eigenvalue weighted by Gasteiger charge is -2.40. The van der Waals surface area contributed by atoms with Crippen LogP contribution in [-0.2, 0) is 9.53 Å². The number of hydrogen-bond acceptors (Lipinski definition) is 3. The summed E-state index contributed by atoms with van der Waals surface area (Å²) in [6, 6.07) is 0.509. The second-order valence-corrected chi connectivity index (χ2v) is 8.48. The molecule has 2 unspecified atom stereocenters. The van der Waals surface area contributed by atoms with E-state index in [0.717, 1.165) is 32.2 Å². The van der Waals surface area contributed by atoms with Crippen molar-refractivity contribution >= 4 is 12.0 Å². The van der Waals surface area contributed by atoms with Crippen LogP contribution in [0.2, 0.25) is 0 Å². The molecule has 0 aliphatic carbocycles. The van der Waals surface area contributed by atoms with E-state index in [2.05, 4.69) is 5.92 Å². The number of carbonyl (C=O) groups is 2. The van der Waals surface area contributed by atoms with Crippen molar-refractivity contribution in [2.24, 2.45) is 11.8 Å². The van der Waals surface area contributed by atoms with Crippen LogP contribution in [-0.4, -0.2) is 52.6 Å². The number of nitrogens with zero attached hydrogens (tertiary/aromatic N) is 2. The maximum atomic E-state index is 12.5. The molecule has 0 aromatic carbocycles. The van der Waals surface area contributed by atoms with Crippen molar-refractivity contribution in [3.05, 3.63) is 0 Å². The highest BCUT2D eigenvalue weighted by Gasteiger charge is 2.45. The van der Waals surface area contributed by atoms with Crippen molar-refractivity contribution in [1.82, 2.24) is 9.80 Å². The molecule has 3 fully saturated rings. The van der Waals surface area contributed by atoms with Gasteiger partial charge in [0, 0.05) is 37.5 Å². The standard InChI is InChI=1S/C19H28N2O3/c1-5-13-10-17(22)20(11-13)12-14-8-15-6-7-16(9-14)21(15)18(23)24-19(2,3)4/h1,13-16H,6-12H2,2-4H3/t13?,14?,15-,16+. The van der Waals surface area contributed by atoms with Gasteiger partial charge in [-0.2, -0.15) is 0 Å². The Morgan fingerprint density at radius 2 is 1.92 bits per heavy atom. The molecule has 4 atom stereocenters. The Morgan fingerprint density at radius 1 is 1.29 bits per heavy atom. The lowest BCUT2D eigenvalue weighted by molar-refractivity contribution is -0.128. The summed E-state index contributed by atoms with van der Waals surface area (Å²) in [6.45, 7) is 7.18. The number of hydrogen-bond donors (Lipinski definition) is 0. The topological polar surface area (TPSA) is 49.9 Å². The number of likely N-dealkylation sites (tertiary alicyclic amines) is 1. The first-order chi connectivity index (χ1) is 11.3. The van der Waals surface area contributed by atoms with Crippen LogP contribution in [0, 0.1) is 24.2 Å². The minimum Gasteiger partial charge on any atom is -0.444 e. The van der Waals surface area contributed by atoms with Gasteiger partial charge >= 0.3 is 6.09 Å². The Balaban J connectivity index is 1.58. The molecule has 3 rings (SSSR count). The molecule has 0 aromatic heterocycles. The smallest absolute Gasteiger partial charge is 0.410 e. The normalized spacial score (nSPS) is 32.8. The van der Waals surface area contributed by atoms with Gasteiger partial charge in [0.15, 0.2) is 0 Å². The molecule has 3 aliphatic heterocycles. The zero-order chi connectivity index (χ0) is 17.5. The summed E-state index contributed by atoms with van der Waals surface area (Å²) in [7, 11) is 0. The molecule has 0 spiro atoms. The Labute approximate surface area is 144 Å². The quantitative estimate of drug-likeness (QED) is 0.731. The number of carbonyl (C=O) groups excluding carboxylic acids is 2. The summed E-state index contributed by atoms with van der Waals surface area (Å²) in [5.74, 6) is 3.41. The molecule has 0 aromatic rings. The van der Waals surface area contributed by atoms with Crippen LogP contribution in [0.25, 0.3) is 0 Å². The maximum absolute atomic E-state index is 12.5. The van der Waals surface area contributed by atoms with Gasteiger partial charge in [-0.15, -0.1) is 12.3 Å². The van der Waals surface area contributed by atoms with Crippen LogP contribution in [0.15, 0.2) is 0 Å². The number of piperidine rings is 1. The van der Waals surface area contributed by atoms with Gasteiger partial charge in [0.25, 0.3) is 0 Å². The highest BCUT2D eigenvalue weighted by Crippen LogP contribution is 2.40. The van der Waals surface area contributed by atoms with Gasteiger partial charge in [-0.25, -0.2) is 4.79 Å². The molecule has 0 saturated carbocycles. The number of fused-ring (bicyclic) bond motifs is 2. The largest absolute Gasteiger partial charge is 0.444 e. The number of terminal acetylenes is 1. The van der Waals surface area contributed by atoms with Crippen LogP contribution < -0.4 is 0 Å². The van der Waals surface area contributed by atoms with Crippen LogP contribution in [0.1, 0.15) is 52.9 Å². The average Bonchev–Trinajstić information content (AvgIpc) is 2.95. The highest BCUT2D eigenvalue weighted by molar-refractivity contribution is 5.79. The van der Waals surface area contributed by atoms with Crippen molar-refractivity contribution in [3.8, 4) is 12.3 Å². The van der Waals surface area contributed by atoms with Crippen LogP contribution in [0.4, 0.5) is 4.79 Å². The van der Waals surface area contributed by atoms with E-state index in [0.29, 0.717) is 18.9 Å². The maximum Gasteiger partial charge on any atom is 0.410 e. The average molecular weight is 332 g/mol. The molecule has 0 N–H and O–H groups in total. The van der Waals surface area contributed by atoms with Gasteiger partial charge in [-0.1, -0.05) is 0 Å². The molecular formula is C19H28N2O3. The molecule has 3 aliphatic rings. The molecular weight excluding hydrogens is 304 g/mol. The molecule has 3 heterocycles. The fourth-order valence-corrected chi connectivity index (χ4v) is 4.42. The van der Waals surface area contributed by atoms with Crippen LogP contribution in [0.3, 0.4) is 0 Å². The fraction of sp³-hybridized carbons (Fsp3) is 0.789. The molecule has 2 amide bonds. The molecule has 132 valence electrons. The van der Waals surface area contributed by atoms with Gasteiger partial charge in [-0.3, -0.25) is 4.79 Å². The van der Waals surface area contributed by atoms with Crippen molar-refractivity contribution in [2.75, 3.05) is 13.1 Å². The van der Waals surface area contributed by atoms with E-state index in [1.165, 1.54) is 0 Å². The summed E-state index contributed by atoms with van der Waals surface area (Å²) in [4.78, 5) is 28.4. The van der Waals surface area contributed by atoms with E-state index >= 15 is 0 Å². The summed E-state index contributed by atoms with van der Waals surface area (Å²) in [6.07, 6.45) is 9.77. The lowest BCUT2D eigenvalue weighted by Crippen LogP contribution is -2.50. The van der Waals surface area contributed by atoms with E-state index in [9.17, 15) is 9.59 Å². The van der Waals surface area contributed by atoms with E-state index in [1.54, 1.807) is 0 Å². The summed E-state index contributed by atoms with van der Waals surface area (Å²) in [5.41, 5.74) is -0.459. The molecule has 5 nitrogen and oxygen atoms in total. The molecule has 5 heteroatoms. The predicted octanol–water partition coefficient (Wildman–Crippen LogP) is 2.65. The number of amides is 2. The molecule has 24 heavy (non-hydrogen) atoms. The minimum atomic E-state index is -0.459. The number of rotatable bonds is 2. The lowest BCUT2D eigenvalue weighted by atomic mass is 9.90. The van der Waals surface area contributed by atoms with Crippen molar-refractivity contribution in [3.63, 3.8) is 0 Å². The third-order valence-corrected chi connectivity index (χ3v) is 5.36. The molecule has 0 radical (unpaired) electrons. The Bertz CT molecular complexity index is 546. The van der Waals surface area contributed by atoms with Crippen molar-refractivity contribution in [2.45, 2.75) is 70.6 Å². The van der Waals surface area contributed by atoms with E-state index < -0.39 is 5.60 Å². The van der Waals surface area contributed by atoms with Gasteiger partial charge in [0.1, 0.15) is 5.60 Å². The zero-order valence-electron chi connectivity index (χ0n) is 15.0. The summed E-state index contributed by atoms with van der Waals surface area (Å²) >= 11 is 0. The third kappa shape index (κ3) is 3.53. The first kappa shape index (κ1) is 17.1. The summed E-state index contributed by atoms with van der Waals surface area (Å²) < 4.78 is 5.57. The predicted molar refractivity (Wildman–Crippen MR) is 91.1 cm³/mol. The Hall–Kier alpha value is -1.70. The van der Waals surface area contributed by atoms with Gasteiger partial charge in [0.05, 0.1) is 0 Å². The Morgan fingerprint density at radius 3 is 2.42 bits per heavy atom. The molecule has 3 saturated heterocycles. The second-order valence-electron chi connectivity index (χ2n) is 8.48.